The third-order valence-electron chi connectivity index (χ3n) is 4.70. The molecule has 156 valence electrons. The number of hydrogen-bond donors (Lipinski definition) is 3. The molecule has 0 bridgehead atoms. The Bertz CT molecular complexity index is 774. The number of ether oxygens (including phenoxy) is 1. The number of rotatable bonds is 7. The zero-order valence-corrected chi connectivity index (χ0v) is 15.7. The summed E-state index contributed by atoms with van der Waals surface area (Å²) in [6.45, 7) is 0.347. The lowest BCUT2D eigenvalue weighted by atomic mass is 9.76. The lowest BCUT2D eigenvalue weighted by Crippen LogP contribution is -2.50. The Hall–Kier alpha value is -2.71. The monoisotopic (exact) mass is 409 g/mol. The average molecular weight is 409 g/mol. The van der Waals surface area contributed by atoms with Crippen LogP contribution >= 0.6 is 0 Å². The van der Waals surface area contributed by atoms with E-state index in [-0.39, 0.29) is 37.0 Å². The van der Waals surface area contributed by atoms with Crippen LogP contribution in [-0.2, 0) is 16.0 Å². The van der Waals surface area contributed by atoms with E-state index in [1.165, 1.54) is 4.90 Å². The fraction of sp³-hybridized carbons (Fsp3) is 0.500. The van der Waals surface area contributed by atoms with Crippen LogP contribution in [0.4, 0.5) is 13.6 Å². The van der Waals surface area contributed by atoms with Gasteiger partial charge in [0.15, 0.2) is 0 Å². The number of halogens is 2. The summed E-state index contributed by atoms with van der Waals surface area (Å²) in [5, 5.41) is 29.9. The molecule has 1 saturated heterocycles. The van der Waals surface area contributed by atoms with Crippen molar-refractivity contribution in [3.05, 3.63) is 35.4 Å². The van der Waals surface area contributed by atoms with Crippen LogP contribution in [0.15, 0.2) is 18.2 Å². The first-order chi connectivity index (χ1) is 13.8. The maximum Gasteiger partial charge on any atom is 0.475 e. The maximum atomic E-state index is 13.8. The van der Waals surface area contributed by atoms with Crippen LogP contribution in [0.25, 0.3) is 0 Å². The molecule has 0 aromatic heterocycles. The van der Waals surface area contributed by atoms with Crippen LogP contribution in [0.3, 0.4) is 0 Å². The molecule has 2 amide bonds. The van der Waals surface area contributed by atoms with E-state index < -0.39 is 30.8 Å². The molecule has 1 aliphatic heterocycles. The number of carbonyl (C=O) groups excluding carboxylic acids is 2. The molecule has 8 nitrogen and oxygen atoms in total. The van der Waals surface area contributed by atoms with Gasteiger partial charge in [0, 0.05) is 12.6 Å². The second kappa shape index (κ2) is 10.7. The molecule has 29 heavy (non-hydrogen) atoms. The number of nitriles is 1. The van der Waals surface area contributed by atoms with Gasteiger partial charge in [-0.3, -0.25) is 4.79 Å². The van der Waals surface area contributed by atoms with E-state index in [0.717, 1.165) is 25.0 Å². The second-order valence-corrected chi connectivity index (χ2v) is 6.77. The van der Waals surface area contributed by atoms with Crippen LogP contribution in [0, 0.1) is 23.0 Å². The molecule has 1 aromatic carbocycles. The lowest BCUT2D eigenvalue weighted by Gasteiger charge is -2.35. The van der Waals surface area contributed by atoms with Gasteiger partial charge in [-0.2, -0.15) is 5.26 Å². The van der Waals surface area contributed by atoms with E-state index in [9.17, 15) is 28.4 Å². The van der Waals surface area contributed by atoms with E-state index in [1.54, 1.807) is 6.07 Å². The summed E-state index contributed by atoms with van der Waals surface area (Å²) in [5.74, 6) is -3.27. The number of amides is 2. The first-order valence-electron chi connectivity index (χ1n) is 9.21. The predicted molar refractivity (Wildman–Crippen MR) is 98.1 cm³/mol. The average Bonchev–Trinajstić information content (AvgIpc) is 2.68. The molecule has 2 rings (SSSR count). The Kier molecular flexibility index (Phi) is 8.36. The van der Waals surface area contributed by atoms with Crippen molar-refractivity contribution in [3.63, 3.8) is 0 Å². The van der Waals surface area contributed by atoms with Crippen LogP contribution in [-0.4, -0.2) is 59.2 Å². The smallest absolute Gasteiger partial charge is 0.447 e. The van der Waals surface area contributed by atoms with Crippen molar-refractivity contribution < 1.29 is 33.2 Å². The number of alkyl carbamates (subject to hydrolysis) is 1. The highest BCUT2D eigenvalue weighted by atomic mass is 19.1. The van der Waals surface area contributed by atoms with Gasteiger partial charge in [0.1, 0.15) is 24.7 Å². The lowest BCUT2D eigenvalue weighted by molar-refractivity contribution is -0.134. The summed E-state index contributed by atoms with van der Waals surface area (Å²) < 4.78 is 31.9. The largest absolute Gasteiger partial charge is 0.475 e. The van der Waals surface area contributed by atoms with Crippen molar-refractivity contribution in [3.8, 4) is 6.07 Å². The molecule has 1 fully saturated rings. The summed E-state index contributed by atoms with van der Waals surface area (Å²) in [6.07, 6.45) is 0.719. The third kappa shape index (κ3) is 6.69. The molecular formula is C18H22BF2N3O5. The van der Waals surface area contributed by atoms with Crippen molar-refractivity contribution in [1.29, 1.82) is 5.26 Å². The number of likely N-dealkylation sites (tertiary alicyclic amines) is 1. The predicted octanol–water partition coefficient (Wildman–Crippen LogP) is 0.909. The Morgan fingerprint density at radius 3 is 2.79 bits per heavy atom. The van der Waals surface area contributed by atoms with E-state index >= 15 is 0 Å². The van der Waals surface area contributed by atoms with Crippen LogP contribution in [0.1, 0.15) is 31.2 Å². The Balaban J connectivity index is 1.92. The molecule has 0 spiro atoms. The van der Waals surface area contributed by atoms with Gasteiger partial charge >= 0.3 is 13.2 Å². The molecule has 11 heteroatoms. The van der Waals surface area contributed by atoms with Gasteiger partial charge in [-0.15, -0.1) is 0 Å². The fourth-order valence-electron chi connectivity index (χ4n) is 3.19. The fourth-order valence-corrected chi connectivity index (χ4v) is 3.19. The highest BCUT2D eigenvalue weighted by Crippen LogP contribution is 2.18. The van der Waals surface area contributed by atoms with Crippen molar-refractivity contribution in [2.45, 2.75) is 44.1 Å². The molecule has 2 atom stereocenters. The summed E-state index contributed by atoms with van der Waals surface area (Å²) in [5.41, 5.74) is -0.00893. The summed E-state index contributed by atoms with van der Waals surface area (Å²) in [4.78, 5) is 25.6. The molecule has 0 aliphatic carbocycles. The number of nitrogens with one attached hydrogen (secondary N) is 1. The number of piperidine rings is 1. The zero-order chi connectivity index (χ0) is 21.4. The number of hydrogen-bond acceptors (Lipinski definition) is 6. The minimum atomic E-state index is -2.00. The molecule has 1 heterocycles. The summed E-state index contributed by atoms with van der Waals surface area (Å²) in [7, 11) is -2.00. The first-order valence-corrected chi connectivity index (χ1v) is 9.21. The minimum absolute atomic E-state index is 0.00893. The van der Waals surface area contributed by atoms with Crippen molar-refractivity contribution >= 4 is 19.1 Å². The Labute approximate surface area is 167 Å². The standard InChI is InChI=1S/C18H22BF2N3O5/c20-13-5-4-12(15(21)10-13)9-16(19(27)28)23-18(26)29-11-14-3-1-2-8-24(14)17(25)6-7-22/h4-5,10,14,16,27-28H,1-3,6,8-9,11H2,(H,23,26)/t14-,16+/m1/s1. The van der Waals surface area contributed by atoms with Crippen LogP contribution in [0.5, 0.6) is 0 Å². The van der Waals surface area contributed by atoms with E-state index in [1.807, 2.05) is 0 Å². The molecule has 1 aliphatic rings. The van der Waals surface area contributed by atoms with Gasteiger partial charge in [-0.05, 0) is 37.3 Å². The first kappa shape index (κ1) is 22.6. The molecule has 0 saturated carbocycles. The maximum absolute atomic E-state index is 13.8. The number of nitrogens with zero attached hydrogens (tertiary/aromatic N) is 2. The SMILES string of the molecule is N#CCC(=O)N1CCCC[C@@H]1COC(=O)N[C@@H](Cc1ccc(F)cc1F)B(O)O. The number of carbonyl (C=O) groups is 2. The molecule has 0 radical (unpaired) electrons. The molecular weight excluding hydrogens is 387 g/mol. The summed E-state index contributed by atoms with van der Waals surface area (Å²) in [6, 6.07) is 4.25. The molecule has 1 aromatic rings. The van der Waals surface area contributed by atoms with Gasteiger partial charge in [-0.1, -0.05) is 6.07 Å². The normalized spacial score (nSPS) is 17.2. The van der Waals surface area contributed by atoms with Crippen molar-refractivity contribution in [2.24, 2.45) is 0 Å². The molecule has 0 unspecified atom stereocenters. The molecule has 3 N–H and O–H groups in total. The van der Waals surface area contributed by atoms with E-state index in [0.29, 0.717) is 19.0 Å². The summed E-state index contributed by atoms with van der Waals surface area (Å²) >= 11 is 0. The number of benzene rings is 1. The highest BCUT2D eigenvalue weighted by Gasteiger charge is 2.30. The van der Waals surface area contributed by atoms with Crippen LogP contribution < -0.4 is 5.32 Å². The van der Waals surface area contributed by atoms with Gasteiger partial charge in [0.2, 0.25) is 5.91 Å². The Morgan fingerprint density at radius 2 is 2.14 bits per heavy atom. The van der Waals surface area contributed by atoms with E-state index in [4.69, 9.17) is 10.00 Å². The quantitative estimate of drug-likeness (QED) is 0.576. The van der Waals surface area contributed by atoms with Gasteiger partial charge < -0.3 is 25.0 Å². The minimum Gasteiger partial charge on any atom is -0.447 e. The highest BCUT2D eigenvalue weighted by molar-refractivity contribution is 6.43. The third-order valence-corrected chi connectivity index (χ3v) is 4.70. The van der Waals surface area contributed by atoms with Gasteiger partial charge in [0.05, 0.1) is 18.1 Å². The van der Waals surface area contributed by atoms with Gasteiger partial charge in [-0.25, -0.2) is 13.6 Å². The van der Waals surface area contributed by atoms with Crippen LogP contribution in [0.2, 0.25) is 0 Å². The van der Waals surface area contributed by atoms with Crippen molar-refractivity contribution in [2.75, 3.05) is 13.2 Å². The second-order valence-electron chi connectivity index (χ2n) is 6.77. The Morgan fingerprint density at radius 1 is 1.38 bits per heavy atom. The van der Waals surface area contributed by atoms with Crippen molar-refractivity contribution in [1.82, 2.24) is 10.2 Å². The van der Waals surface area contributed by atoms with E-state index in [2.05, 4.69) is 5.32 Å². The topological polar surface area (TPSA) is 123 Å². The van der Waals surface area contributed by atoms with Gasteiger partial charge in [0.25, 0.3) is 0 Å². The zero-order valence-electron chi connectivity index (χ0n) is 15.7.